The molecule has 2 nitrogen and oxygen atoms in total. The molecule has 98 valence electrons. The second kappa shape index (κ2) is 5.50. The van der Waals surface area contributed by atoms with Gasteiger partial charge in [-0.1, -0.05) is 17.7 Å². The van der Waals surface area contributed by atoms with Crippen molar-refractivity contribution in [3.05, 3.63) is 28.8 Å². The van der Waals surface area contributed by atoms with Gasteiger partial charge in [0.1, 0.15) is 0 Å². The topological polar surface area (TPSA) is 15.3 Å². The third-order valence-corrected chi connectivity index (χ3v) is 4.50. The lowest BCUT2D eigenvalue weighted by molar-refractivity contribution is 0.578. The summed E-state index contributed by atoms with van der Waals surface area (Å²) >= 11 is 6.48. The molecule has 2 aliphatic rings. The number of benzene rings is 1. The lowest BCUT2D eigenvalue weighted by Gasteiger charge is -2.30. The number of hydrogen-bond acceptors (Lipinski definition) is 2. The lowest BCUT2D eigenvalue weighted by Crippen LogP contribution is -2.29. The molecule has 3 rings (SSSR count). The van der Waals surface area contributed by atoms with Crippen LogP contribution in [0.4, 0.5) is 5.69 Å². The number of piperidine rings is 1. The van der Waals surface area contributed by atoms with Gasteiger partial charge in [0.05, 0.1) is 10.7 Å². The zero-order valence-corrected chi connectivity index (χ0v) is 11.5. The molecule has 1 unspecified atom stereocenters. The molecule has 0 amide bonds. The smallest absolute Gasteiger partial charge is 0.0642 e. The summed E-state index contributed by atoms with van der Waals surface area (Å²) in [4.78, 5) is 2.43. The molecule has 1 atom stereocenters. The molecule has 18 heavy (non-hydrogen) atoms. The Bertz CT molecular complexity index is 407. The third kappa shape index (κ3) is 2.50. The Morgan fingerprint density at radius 1 is 1.17 bits per heavy atom. The summed E-state index contributed by atoms with van der Waals surface area (Å²) in [5, 5.41) is 4.35. The molecule has 0 bridgehead atoms. The van der Waals surface area contributed by atoms with Crippen LogP contribution >= 0.6 is 11.6 Å². The fraction of sp³-hybridized carbons (Fsp3) is 0.600. The number of halogens is 1. The predicted molar refractivity (Wildman–Crippen MR) is 77.7 cm³/mol. The maximum Gasteiger partial charge on any atom is 0.0642 e. The van der Waals surface area contributed by atoms with Crippen LogP contribution in [0, 0.1) is 0 Å². The number of hydrogen-bond donors (Lipinski definition) is 1. The van der Waals surface area contributed by atoms with E-state index in [-0.39, 0.29) is 0 Å². The van der Waals surface area contributed by atoms with Crippen molar-refractivity contribution >= 4 is 17.3 Å². The Kier molecular flexibility index (Phi) is 3.76. The quantitative estimate of drug-likeness (QED) is 0.881. The number of nitrogens with zero attached hydrogens (tertiary/aromatic N) is 1. The van der Waals surface area contributed by atoms with Gasteiger partial charge in [-0.2, -0.15) is 0 Å². The highest BCUT2D eigenvalue weighted by molar-refractivity contribution is 6.33. The van der Waals surface area contributed by atoms with Gasteiger partial charge in [0.15, 0.2) is 0 Å². The fourth-order valence-electron chi connectivity index (χ4n) is 3.11. The van der Waals surface area contributed by atoms with Crippen molar-refractivity contribution < 1.29 is 0 Å². The Morgan fingerprint density at radius 2 is 2.00 bits per heavy atom. The Morgan fingerprint density at radius 3 is 2.67 bits per heavy atom. The summed E-state index contributed by atoms with van der Waals surface area (Å²) in [5.41, 5.74) is 2.62. The van der Waals surface area contributed by atoms with Crippen LogP contribution < -0.4 is 10.2 Å². The molecule has 0 radical (unpaired) electrons. The van der Waals surface area contributed by atoms with Crippen LogP contribution in [0.2, 0.25) is 5.02 Å². The van der Waals surface area contributed by atoms with Gasteiger partial charge in [-0.05, 0) is 55.8 Å². The van der Waals surface area contributed by atoms with Crippen molar-refractivity contribution in [2.75, 3.05) is 31.1 Å². The minimum Gasteiger partial charge on any atom is -0.370 e. The van der Waals surface area contributed by atoms with Gasteiger partial charge in [-0.3, -0.25) is 0 Å². The van der Waals surface area contributed by atoms with Gasteiger partial charge in [0, 0.05) is 19.6 Å². The van der Waals surface area contributed by atoms with E-state index >= 15 is 0 Å². The maximum atomic E-state index is 6.48. The molecule has 0 aliphatic carbocycles. The predicted octanol–water partition coefficient (Wildman–Crippen LogP) is 3.41. The molecule has 1 N–H and O–H groups in total. The Balaban J connectivity index is 1.79. The molecule has 1 aromatic rings. The zero-order valence-electron chi connectivity index (χ0n) is 10.8. The summed E-state index contributed by atoms with van der Waals surface area (Å²) in [6.07, 6.45) is 5.19. The first-order chi connectivity index (χ1) is 8.84. The van der Waals surface area contributed by atoms with E-state index in [1.54, 1.807) is 0 Å². The van der Waals surface area contributed by atoms with Crippen LogP contribution in [0.25, 0.3) is 0 Å². The molecule has 0 saturated carbocycles. The lowest BCUT2D eigenvalue weighted by atomic mass is 9.98. The van der Waals surface area contributed by atoms with E-state index in [0.717, 1.165) is 31.2 Å². The minimum atomic E-state index is 0.651. The SMILES string of the molecule is Clc1cc(C2CCNC2)ccc1N1CCCCC1. The van der Waals surface area contributed by atoms with Crippen LogP contribution in [0.1, 0.15) is 37.2 Å². The van der Waals surface area contributed by atoms with Crippen LogP contribution in [0.15, 0.2) is 18.2 Å². The van der Waals surface area contributed by atoms with Crippen LogP contribution in [-0.4, -0.2) is 26.2 Å². The van der Waals surface area contributed by atoms with E-state index < -0.39 is 0 Å². The first kappa shape index (κ1) is 12.3. The van der Waals surface area contributed by atoms with Crippen molar-refractivity contribution in [2.45, 2.75) is 31.6 Å². The molecule has 2 heterocycles. The molecule has 3 heteroatoms. The number of rotatable bonds is 2. The van der Waals surface area contributed by atoms with Gasteiger partial charge in [0.25, 0.3) is 0 Å². The van der Waals surface area contributed by atoms with Crippen molar-refractivity contribution in [3.8, 4) is 0 Å². The third-order valence-electron chi connectivity index (χ3n) is 4.20. The molecule has 2 aliphatic heterocycles. The minimum absolute atomic E-state index is 0.651. The molecular formula is C15H21ClN2. The first-order valence-electron chi connectivity index (χ1n) is 7.10. The van der Waals surface area contributed by atoms with Crippen molar-refractivity contribution in [1.29, 1.82) is 0 Å². The van der Waals surface area contributed by atoms with Gasteiger partial charge in [0.2, 0.25) is 0 Å². The van der Waals surface area contributed by atoms with Crippen molar-refractivity contribution in [3.63, 3.8) is 0 Å². The summed E-state index contributed by atoms with van der Waals surface area (Å²) in [5.74, 6) is 0.651. The van der Waals surface area contributed by atoms with E-state index in [1.807, 2.05) is 0 Å². The van der Waals surface area contributed by atoms with Crippen LogP contribution in [0.5, 0.6) is 0 Å². The van der Waals surface area contributed by atoms with E-state index in [0.29, 0.717) is 5.92 Å². The Labute approximate surface area is 114 Å². The monoisotopic (exact) mass is 264 g/mol. The van der Waals surface area contributed by atoms with Gasteiger partial charge >= 0.3 is 0 Å². The van der Waals surface area contributed by atoms with Gasteiger partial charge in [-0.25, -0.2) is 0 Å². The summed E-state index contributed by atoms with van der Waals surface area (Å²) in [7, 11) is 0. The normalized spacial score (nSPS) is 24.5. The van der Waals surface area contributed by atoms with Crippen LogP contribution in [0.3, 0.4) is 0 Å². The standard InChI is InChI=1S/C15H21ClN2/c16-14-10-12(13-6-7-17-11-13)4-5-15(14)18-8-2-1-3-9-18/h4-5,10,13,17H,1-3,6-9,11H2. The highest BCUT2D eigenvalue weighted by Crippen LogP contribution is 2.32. The molecule has 2 saturated heterocycles. The molecule has 2 fully saturated rings. The fourth-order valence-corrected chi connectivity index (χ4v) is 3.42. The maximum absolute atomic E-state index is 6.48. The van der Waals surface area contributed by atoms with E-state index in [4.69, 9.17) is 11.6 Å². The van der Waals surface area contributed by atoms with Crippen LogP contribution in [-0.2, 0) is 0 Å². The molecule has 1 aromatic carbocycles. The zero-order chi connectivity index (χ0) is 12.4. The van der Waals surface area contributed by atoms with Gasteiger partial charge in [-0.15, -0.1) is 0 Å². The van der Waals surface area contributed by atoms with Crippen molar-refractivity contribution in [1.82, 2.24) is 5.32 Å². The average molecular weight is 265 g/mol. The number of nitrogens with one attached hydrogen (secondary N) is 1. The van der Waals surface area contributed by atoms with E-state index in [2.05, 4.69) is 28.4 Å². The summed E-state index contributed by atoms with van der Waals surface area (Å²) < 4.78 is 0. The first-order valence-corrected chi connectivity index (χ1v) is 7.47. The van der Waals surface area contributed by atoms with E-state index in [1.165, 1.54) is 36.9 Å². The summed E-state index contributed by atoms with van der Waals surface area (Å²) in [6, 6.07) is 6.68. The van der Waals surface area contributed by atoms with Gasteiger partial charge < -0.3 is 10.2 Å². The second-order valence-electron chi connectivity index (χ2n) is 5.45. The summed E-state index contributed by atoms with van der Waals surface area (Å²) in [6.45, 7) is 4.55. The molecular weight excluding hydrogens is 244 g/mol. The highest BCUT2D eigenvalue weighted by atomic mass is 35.5. The highest BCUT2D eigenvalue weighted by Gasteiger charge is 2.19. The van der Waals surface area contributed by atoms with Crippen molar-refractivity contribution in [2.24, 2.45) is 0 Å². The molecule has 0 aromatic heterocycles. The largest absolute Gasteiger partial charge is 0.370 e. The number of anilines is 1. The Hall–Kier alpha value is -0.730. The molecule has 0 spiro atoms. The average Bonchev–Trinajstić information content (AvgIpc) is 2.93. The van der Waals surface area contributed by atoms with E-state index in [9.17, 15) is 0 Å². The second-order valence-corrected chi connectivity index (χ2v) is 5.86.